The number of pyridine rings is 2. The Hall–Kier alpha value is -5.55. The summed E-state index contributed by atoms with van der Waals surface area (Å²) in [5.41, 5.74) is 6.68. The zero-order valence-corrected chi connectivity index (χ0v) is 21.5. The molecular formula is C35H23N5. The van der Waals surface area contributed by atoms with Crippen molar-refractivity contribution in [2.24, 2.45) is 0 Å². The van der Waals surface area contributed by atoms with Gasteiger partial charge in [0.25, 0.3) is 0 Å². The van der Waals surface area contributed by atoms with Gasteiger partial charge in [0.1, 0.15) is 0 Å². The van der Waals surface area contributed by atoms with Crippen molar-refractivity contribution in [1.29, 1.82) is 0 Å². The lowest BCUT2D eigenvalue weighted by Gasteiger charge is -2.12. The molecule has 0 amide bonds. The molecule has 188 valence electrons. The van der Waals surface area contributed by atoms with Crippen LogP contribution in [0.4, 0.5) is 0 Å². The maximum absolute atomic E-state index is 4.96. The van der Waals surface area contributed by atoms with E-state index >= 15 is 0 Å². The number of hydrogen-bond donors (Lipinski definition) is 0. The molecule has 4 aromatic carbocycles. The summed E-state index contributed by atoms with van der Waals surface area (Å²) in [6.07, 6.45) is 3.69. The van der Waals surface area contributed by atoms with Crippen molar-refractivity contribution in [1.82, 2.24) is 24.9 Å². The van der Waals surface area contributed by atoms with Gasteiger partial charge in [0.2, 0.25) is 0 Å². The van der Waals surface area contributed by atoms with Gasteiger partial charge in [0, 0.05) is 34.6 Å². The van der Waals surface area contributed by atoms with Gasteiger partial charge in [-0.3, -0.25) is 9.97 Å². The van der Waals surface area contributed by atoms with E-state index < -0.39 is 0 Å². The predicted molar refractivity (Wildman–Crippen MR) is 160 cm³/mol. The second-order valence-electron chi connectivity index (χ2n) is 9.39. The second kappa shape index (κ2) is 10.3. The molecule has 0 saturated carbocycles. The van der Waals surface area contributed by atoms with E-state index in [9.17, 15) is 0 Å². The molecule has 5 heteroatoms. The van der Waals surface area contributed by atoms with Crippen molar-refractivity contribution in [2.45, 2.75) is 0 Å². The smallest absolute Gasteiger partial charge is 0.164 e. The first kappa shape index (κ1) is 23.6. The Kier molecular flexibility index (Phi) is 6.07. The van der Waals surface area contributed by atoms with Crippen molar-refractivity contribution in [3.63, 3.8) is 0 Å². The lowest BCUT2D eigenvalue weighted by Crippen LogP contribution is -2.00. The third-order valence-corrected chi connectivity index (χ3v) is 6.86. The van der Waals surface area contributed by atoms with E-state index in [1.807, 2.05) is 91.1 Å². The van der Waals surface area contributed by atoms with Crippen LogP contribution < -0.4 is 0 Å². The van der Waals surface area contributed by atoms with E-state index in [0.717, 1.165) is 50.0 Å². The van der Waals surface area contributed by atoms with Gasteiger partial charge in [-0.05, 0) is 34.5 Å². The fraction of sp³-hybridized carbons (Fsp3) is 0. The van der Waals surface area contributed by atoms with E-state index in [1.165, 1.54) is 0 Å². The number of hydrogen-bond acceptors (Lipinski definition) is 5. The Morgan fingerprint density at radius 2 is 0.925 bits per heavy atom. The molecule has 0 aliphatic heterocycles. The minimum absolute atomic E-state index is 0.638. The molecule has 0 atom stereocenters. The van der Waals surface area contributed by atoms with Crippen molar-refractivity contribution in [3.8, 4) is 56.7 Å². The van der Waals surface area contributed by atoms with Gasteiger partial charge in [-0.15, -0.1) is 0 Å². The standard InChI is InChI=1S/C35H23N5/c1-3-11-24(12-4-1)33-38-34(25-13-5-2-6-14-25)40-35(39-33)30-18-10-16-28-27(15-9-17-29(28)30)26-20-21-32(37-23-26)31-19-7-8-22-36-31/h1-23H. The Balaban J connectivity index is 1.37. The normalized spacial score (nSPS) is 11.0. The van der Waals surface area contributed by atoms with E-state index in [4.69, 9.17) is 19.9 Å². The molecule has 5 nitrogen and oxygen atoms in total. The molecular weight excluding hydrogens is 490 g/mol. The molecule has 0 unspecified atom stereocenters. The first-order valence-electron chi connectivity index (χ1n) is 13.1. The van der Waals surface area contributed by atoms with Crippen LogP contribution in [0.2, 0.25) is 0 Å². The summed E-state index contributed by atoms with van der Waals surface area (Å²) in [5.74, 6) is 1.93. The van der Waals surface area contributed by atoms with Crippen LogP contribution in [0.25, 0.3) is 67.5 Å². The van der Waals surface area contributed by atoms with Crippen LogP contribution in [-0.2, 0) is 0 Å². The molecule has 40 heavy (non-hydrogen) atoms. The monoisotopic (exact) mass is 513 g/mol. The fourth-order valence-corrected chi connectivity index (χ4v) is 4.90. The van der Waals surface area contributed by atoms with Gasteiger partial charge in [0.15, 0.2) is 17.5 Å². The summed E-state index contributed by atoms with van der Waals surface area (Å²) in [6, 6.07) is 42.6. The summed E-state index contributed by atoms with van der Waals surface area (Å²) in [5, 5.41) is 2.17. The molecule has 0 fully saturated rings. The van der Waals surface area contributed by atoms with Crippen LogP contribution in [-0.4, -0.2) is 24.9 Å². The molecule has 7 aromatic rings. The Labute approximate surface area is 231 Å². The first-order chi connectivity index (χ1) is 19.8. The van der Waals surface area contributed by atoms with Gasteiger partial charge < -0.3 is 0 Å². The largest absolute Gasteiger partial charge is 0.255 e. The summed E-state index contributed by atoms with van der Waals surface area (Å²) < 4.78 is 0. The first-order valence-corrected chi connectivity index (χ1v) is 13.1. The number of aromatic nitrogens is 5. The Bertz CT molecular complexity index is 1860. The lowest BCUT2D eigenvalue weighted by atomic mass is 9.96. The van der Waals surface area contributed by atoms with Gasteiger partial charge in [-0.2, -0.15) is 0 Å². The van der Waals surface area contributed by atoms with E-state index in [-0.39, 0.29) is 0 Å². The molecule has 0 aliphatic carbocycles. The zero-order chi connectivity index (χ0) is 26.7. The zero-order valence-electron chi connectivity index (χ0n) is 21.5. The maximum atomic E-state index is 4.96. The highest BCUT2D eigenvalue weighted by molar-refractivity contribution is 6.03. The average Bonchev–Trinajstić information content (AvgIpc) is 3.05. The number of nitrogens with zero attached hydrogens (tertiary/aromatic N) is 5. The highest BCUT2D eigenvalue weighted by atomic mass is 15.0. The van der Waals surface area contributed by atoms with Crippen molar-refractivity contribution >= 4 is 10.8 Å². The fourth-order valence-electron chi connectivity index (χ4n) is 4.90. The van der Waals surface area contributed by atoms with Crippen LogP contribution in [0.5, 0.6) is 0 Å². The summed E-state index contributed by atoms with van der Waals surface area (Å²) >= 11 is 0. The van der Waals surface area contributed by atoms with Crippen molar-refractivity contribution in [3.05, 3.63) is 140 Å². The lowest BCUT2D eigenvalue weighted by molar-refractivity contribution is 1.08. The SMILES string of the molecule is c1ccc(-c2nc(-c3ccccc3)nc(-c3cccc4c(-c5ccc(-c6ccccn6)nc5)cccc34)n2)cc1. The van der Waals surface area contributed by atoms with Gasteiger partial charge in [-0.25, -0.2) is 15.0 Å². The number of rotatable bonds is 5. The van der Waals surface area contributed by atoms with Crippen LogP contribution in [0.15, 0.2) is 140 Å². The third-order valence-electron chi connectivity index (χ3n) is 6.86. The molecule has 0 bridgehead atoms. The molecule has 0 spiro atoms. The highest BCUT2D eigenvalue weighted by Crippen LogP contribution is 2.35. The van der Waals surface area contributed by atoms with Crippen LogP contribution in [0.3, 0.4) is 0 Å². The topological polar surface area (TPSA) is 64.5 Å². The molecule has 0 saturated heterocycles. The van der Waals surface area contributed by atoms with E-state index in [0.29, 0.717) is 17.5 Å². The minimum atomic E-state index is 0.638. The number of benzene rings is 4. The molecule has 3 heterocycles. The summed E-state index contributed by atoms with van der Waals surface area (Å²) in [7, 11) is 0. The minimum Gasteiger partial charge on any atom is -0.255 e. The molecule has 0 radical (unpaired) electrons. The molecule has 3 aromatic heterocycles. The molecule has 7 rings (SSSR count). The molecule has 0 N–H and O–H groups in total. The van der Waals surface area contributed by atoms with Gasteiger partial charge >= 0.3 is 0 Å². The Morgan fingerprint density at radius 3 is 1.52 bits per heavy atom. The van der Waals surface area contributed by atoms with Crippen molar-refractivity contribution < 1.29 is 0 Å². The molecule has 0 aliphatic rings. The van der Waals surface area contributed by atoms with Crippen LogP contribution in [0, 0.1) is 0 Å². The number of fused-ring (bicyclic) bond motifs is 1. The average molecular weight is 514 g/mol. The summed E-state index contributed by atoms with van der Waals surface area (Å²) in [4.78, 5) is 23.9. The quantitative estimate of drug-likeness (QED) is 0.232. The van der Waals surface area contributed by atoms with Crippen molar-refractivity contribution in [2.75, 3.05) is 0 Å². The predicted octanol–water partition coefficient (Wildman–Crippen LogP) is 8.15. The third kappa shape index (κ3) is 4.50. The second-order valence-corrected chi connectivity index (χ2v) is 9.39. The maximum Gasteiger partial charge on any atom is 0.164 e. The highest BCUT2D eigenvalue weighted by Gasteiger charge is 2.15. The van der Waals surface area contributed by atoms with Crippen LogP contribution >= 0.6 is 0 Å². The van der Waals surface area contributed by atoms with E-state index in [2.05, 4.69) is 47.4 Å². The summed E-state index contributed by atoms with van der Waals surface area (Å²) in [6.45, 7) is 0. The van der Waals surface area contributed by atoms with Gasteiger partial charge in [0.05, 0.1) is 11.4 Å². The Morgan fingerprint density at radius 1 is 0.350 bits per heavy atom. The van der Waals surface area contributed by atoms with Crippen LogP contribution in [0.1, 0.15) is 0 Å². The van der Waals surface area contributed by atoms with Gasteiger partial charge in [-0.1, -0.05) is 109 Å². The van der Waals surface area contributed by atoms with E-state index in [1.54, 1.807) is 6.20 Å².